The summed E-state index contributed by atoms with van der Waals surface area (Å²) in [5, 5.41) is 3.09. The van der Waals surface area contributed by atoms with E-state index >= 15 is 0 Å². The highest BCUT2D eigenvalue weighted by atomic mass is 32.2. The van der Waals surface area contributed by atoms with Crippen LogP contribution in [-0.2, 0) is 23.0 Å². The molecule has 0 saturated carbocycles. The van der Waals surface area contributed by atoms with E-state index in [9.17, 15) is 13.2 Å². The summed E-state index contributed by atoms with van der Waals surface area (Å²) in [5.41, 5.74) is 2.70. The van der Waals surface area contributed by atoms with Gasteiger partial charge in [0, 0.05) is 11.1 Å². The SMILES string of the molecule is CC(C)(Cc1ccccc1)NC(=O)c1ccc(CN(c2ccccc2)S(C)(=O)=O)cc1. The molecule has 3 aromatic carbocycles. The second kappa shape index (κ2) is 9.35. The third-order valence-electron chi connectivity index (χ3n) is 4.93. The van der Waals surface area contributed by atoms with Crippen LogP contribution >= 0.6 is 0 Å². The zero-order valence-electron chi connectivity index (χ0n) is 18.1. The number of nitrogens with zero attached hydrogens (tertiary/aromatic N) is 1. The van der Waals surface area contributed by atoms with Gasteiger partial charge in [-0.25, -0.2) is 8.42 Å². The zero-order chi connectivity index (χ0) is 22.5. The van der Waals surface area contributed by atoms with Crippen LogP contribution in [0.4, 0.5) is 5.69 Å². The van der Waals surface area contributed by atoms with E-state index in [0.29, 0.717) is 11.3 Å². The normalized spacial score (nSPS) is 11.7. The molecule has 162 valence electrons. The van der Waals surface area contributed by atoms with Crippen LogP contribution in [0.5, 0.6) is 0 Å². The van der Waals surface area contributed by atoms with Crippen LogP contribution in [0.15, 0.2) is 84.9 Å². The average Bonchev–Trinajstić information content (AvgIpc) is 2.72. The highest BCUT2D eigenvalue weighted by molar-refractivity contribution is 7.92. The van der Waals surface area contributed by atoms with E-state index in [4.69, 9.17) is 0 Å². The largest absolute Gasteiger partial charge is 0.347 e. The number of nitrogens with one attached hydrogen (secondary N) is 1. The van der Waals surface area contributed by atoms with Crippen LogP contribution in [-0.4, -0.2) is 26.1 Å². The Hall–Kier alpha value is -3.12. The average molecular weight is 437 g/mol. The monoisotopic (exact) mass is 436 g/mol. The Morgan fingerprint density at radius 2 is 1.39 bits per heavy atom. The summed E-state index contributed by atoms with van der Waals surface area (Å²) in [5.74, 6) is -0.157. The molecule has 3 rings (SSSR count). The quantitative estimate of drug-likeness (QED) is 0.569. The molecule has 3 aromatic rings. The summed E-state index contributed by atoms with van der Waals surface area (Å²) < 4.78 is 25.9. The molecule has 0 saturated heterocycles. The fourth-order valence-corrected chi connectivity index (χ4v) is 4.34. The molecule has 0 aliphatic heterocycles. The van der Waals surface area contributed by atoms with Gasteiger partial charge in [-0.2, -0.15) is 0 Å². The Morgan fingerprint density at radius 3 is 1.94 bits per heavy atom. The van der Waals surface area contributed by atoms with Crippen LogP contribution in [0.3, 0.4) is 0 Å². The molecule has 0 radical (unpaired) electrons. The van der Waals surface area contributed by atoms with Gasteiger partial charge in [0.1, 0.15) is 0 Å². The molecule has 0 atom stereocenters. The first-order valence-electron chi connectivity index (χ1n) is 10.1. The van der Waals surface area contributed by atoms with Gasteiger partial charge in [0.15, 0.2) is 0 Å². The minimum Gasteiger partial charge on any atom is -0.347 e. The summed E-state index contributed by atoms with van der Waals surface area (Å²) in [7, 11) is -3.44. The number of rotatable bonds is 8. The second-order valence-electron chi connectivity index (χ2n) is 8.30. The lowest BCUT2D eigenvalue weighted by Crippen LogP contribution is -2.45. The van der Waals surface area contributed by atoms with Gasteiger partial charge in [0.05, 0.1) is 18.5 Å². The van der Waals surface area contributed by atoms with Gasteiger partial charge < -0.3 is 5.32 Å². The van der Waals surface area contributed by atoms with Gasteiger partial charge in [-0.15, -0.1) is 0 Å². The summed E-state index contributed by atoms with van der Waals surface area (Å²) in [6, 6.07) is 26.1. The standard InChI is InChI=1S/C25H28N2O3S/c1-25(2,18-20-10-6-4-7-11-20)26-24(28)22-16-14-21(15-17-22)19-27(31(3,29)30)23-12-8-5-9-13-23/h4-17H,18-19H2,1-3H3,(H,26,28). The lowest BCUT2D eigenvalue weighted by molar-refractivity contribution is 0.0913. The van der Waals surface area contributed by atoms with Crippen molar-refractivity contribution in [1.82, 2.24) is 5.32 Å². The lowest BCUT2D eigenvalue weighted by Gasteiger charge is -2.26. The maximum atomic E-state index is 12.7. The third kappa shape index (κ3) is 6.43. The summed E-state index contributed by atoms with van der Waals surface area (Å²) in [4.78, 5) is 12.7. The summed E-state index contributed by atoms with van der Waals surface area (Å²) in [6.45, 7) is 4.19. The van der Waals surface area contributed by atoms with E-state index in [1.807, 2.05) is 50.2 Å². The van der Waals surface area contributed by atoms with Crippen LogP contribution in [0.2, 0.25) is 0 Å². The van der Waals surface area contributed by atoms with Crippen molar-refractivity contribution in [2.24, 2.45) is 0 Å². The highest BCUT2D eigenvalue weighted by Gasteiger charge is 2.22. The second-order valence-corrected chi connectivity index (χ2v) is 10.2. The van der Waals surface area contributed by atoms with Gasteiger partial charge in [-0.1, -0.05) is 60.7 Å². The maximum absolute atomic E-state index is 12.7. The van der Waals surface area contributed by atoms with Crippen LogP contribution < -0.4 is 9.62 Å². The predicted molar refractivity (Wildman–Crippen MR) is 126 cm³/mol. The first-order chi connectivity index (χ1) is 14.6. The number of hydrogen-bond acceptors (Lipinski definition) is 3. The van der Waals surface area contributed by atoms with Crippen molar-refractivity contribution in [2.45, 2.75) is 32.4 Å². The zero-order valence-corrected chi connectivity index (χ0v) is 18.9. The van der Waals surface area contributed by atoms with Gasteiger partial charge in [0.25, 0.3) is 5.91 Å². The first kappa shape index (κ1) is 22.6. The Labute approximate surface area is 184 Å². The van der Waals surface area contributed by atoms with Gasteiger partial charge in [-0.05, 0) is 55.7 Å². The van der Waals surface area contributed by atoms with Gasteiger partial charge in [0.2, 0.25) is 10.0 Å². The molecular weight excluding hydrogens is 408 g/mol. The highest BCUT2D eigenvalue weighted by Crippen LogP contribution is 2.20. The first-order valence-corrected chi connectivity index (χ1v) is 12.0. The van der Waals surface area contributed by atoms with Gasteiger partial charge in [-0.3, -0.25) is 9.10 Å². The van der Waals surface area contributed by atoms with Crippen molar-refractivity contribution in [2.75, 3.05) is 10.6 Å². The van der Waals surface area contributed by atoms with Crippen LogP contribution in [0, 0.1) is 0 Å². The van der Waals surface area contributed by atoms with Crippen LogP contribution in [0.1, 0.15) is 35.3 Å². The Balaban J connectivity index is 1.69. The minimum absolute atomic E-state index is 0.157. The van der Waals surface area contributed by atoms with Crippen molar-refractivity contribution < 1.29 is 13.2 Å². The molecule has 1 amide bonds. The topological polar surface area (TPSA) is 66.5 Å². The molecule has 0 bridgehead atoms. The minimum atomic E-state index is -3.44. The van der Waals surface area contributed by atoms with Crippen molar-refractivity contribution >= 4 is 21.6 Å². The third-order valence-corrected chi connectivity index (χ3v) is 6.07. The fourth-order valence-electron chi connectivity index (χ4n) is 3.45. The molecule has 0 aliphatic carbocycles. The molecule has 6 heteroatoms. The number of benzene rings is 3. The van der Waals surface area contributed by atoms with Crippen molar-refractivity contribution in [3.8, 4) is 0 Å². The number of anilines is 1. The Kier molecular flexibility index (Phi) is 6.81. The number of para-hydroxylation sites is 1. The van der Waals surface area contributed by atoms with Crippen molar-refractivity contribution in [3.63, 3.8) is 0 Å². The van der Waals surface area contributed by atoms with E-state index in [0.717, 1.165) is 17.5 Å². The molecular formula is C25H28N2O3S. The Bertz CT molecular complexity index is 1110. The predicted octanol–water partition coefficient (Wildman–Crippen LogP) is 4.40. The molecule has 0 spiro atoms. The lowest BCUT2D eigenvalue weighted by atomic mass is 9.94. The molecule has 1 N–H and O–H groups in total. The number of amides is 1. The fraction of sp³-hybridized carbons (Fsp3) is 0.240. The number of carbonyl (C=O) groups is 1. The smallest absolute Gasteiger partial charge is 0.251 e. The van der Waals surface area contributed by atoms with Crippen LogP contribution in [0.25, 0.3) is 0 Å². The van der Waals surface area contributed by atoms with E-state index in [1.54, 1.807) is 48.5 Å². The molecule has 31 heavy (non-hydrogen) atoms. The summed E-state index contributed by atoms with van der Waals surface area (Å²) >= 11 is 0. The van der Waals surface area contributed by atoms with E-state index in [-0.39, 0.29) is 12.5 Å². The molecule has 0 heterocycles. The number of carbonyl (C=O) groups excluding carboxylic acids is 1. The van der Waals surface area contributed by atoms with Crippen molar-refractivity contribution in [3.05, 3.63) is 102 Å². The van der Waals surface area contributed by atoms with Gasteiger partial charge >= 0.3 is 0 Å². The van der Waals surface area contributed by atoms with E-state index < -0.39 is 15.6 Å². The molecule has 5 nitrogen and oxygen atoms in total. The molecule has 0 unspecified atom stereocenters. The number of hydrogen-bond donors (Lipinski definition) is 1. The van der Waals surface area contributed by atoms with E-state index in [1.165, 1.54) is 10.6 Å². The number of sulfonamides is 1. The van der Waals surface area contributed by atoms with Crippen molar-refractivity contribution in [1.29, 1.82) is 0 Å². The molecule has 0 aliphatic rings. The summed E-state index contributed by atoms with van der Waals surface area (Å²) in [6.07, 6.45) is 1.91. The van der Waals surface area contributed by atoms with E-state index in [2.05, 4.69) is 5.32 Å². The molecule has 0 fully saturated rings. The maximum Gasteiger partial charge on any atom is 0.251 e. The molecule has 0 aromatic heterocycles. The Morgan fingerprint density at radius 1 is 0.839 bits per heavy atom.